The Morgan fingerprint density at radius 2 is 1.87 bits per heavy atom. The van der Waals surface area contributed by atoms with Crippen LogP contribution in [-0.2, 0) is 11.0 Å². The molecule has 0 saturated heterocycles. The van der Waals surface area contributed by atoms with Crippen molar-refractivity contribution in [2.75, 3.05) is 5.32 Å². The highest BCUT2D eigenvalue weighted by Crippen LogP contribution is 2.33. The molecule has 0 spiro atoms. The Labute approximate surface area is 129 Å². The number of amides is 1. The highest BCUT2D eigenvalue weighted by Gasteiger charge is 2.30. The van der Waals surface area contributed by atoms with Crippen LogP contribution in [0.4, 0.5) is 23.2 Å². The molecule has 0 heterocycles. The summed E-state index contributed by atoms with van der Waals surface area (Å²) in [6, 6.07) is 7.50. The summed E-state index contributed by atoms with van der Waals surface area (Å²) in [6.07, 6.45) is -3.51. The largest absolute Gasteiger partial charge is 0.457 e. The molecule has 23 heavy (non-hydrogen) atoms. The van der Waals surface area contributed by atoms with Crippen LogP contribution in [0.25, 0.3) is 0 Å². The Morgan fingerprint density at radius 3 is 2.52 bits per heavy atom. The smallest absolute Gasteiger partial charge is 0.416 e. The first kappa shape index (κ1) is 16.5. The second-order valence-corrected chi connectivity index (χ2v) is 4.50. The third kappa shape index (κ3) is 4.57. The minimum absolute atomic E-state index is 0.0521. The molecule has 0 atom stereocenters. The average Bonchev–Trinajstić information content (AvgIpc) is 2.45. The highest BCUT2D eigenvalue weighted by molar-refractivity contribution is 5.98. The lowest BCUT2D eigenvalue weighted by Crippen LogP contribution is -2.07. The average molecular weight is 325 g/mol. The van der Waals surface area contributed by atoms with Gasteiger partial charge in [-0.3, -0.25) is 4.79 Å². The van der Waals surface area contributed by atoms with Crippen molar-refractivity contribution in [3.05, 3.63) is 66.5 Å². The topological polar surface area (TPSA) is 38.3 Å². The van der Waals surface area contributed by atoms with Crippen LogP contribution in [0.5, 0.6) is 11.5 Å². The van der Waals surface area contributed by atoms with E-state index in [0.717, 1.165) is 30.3 Å². The van der Waals surface area contributed by atoms with Crippen molar-refractivity contribution in [3.8, 4) is 11.5 Å². The molecular formula is C16H11F4NO2. The molecule has 1 amide bonds. The van der Waals surface area contributed by atoms with E-state index in [-0.39, 0.29) is 17.2 Å². The molecule has 0 fully saturated rings. The summed E-state index contributed by atoms with van der Waals surface area (Å²) >= 11 is 0. The molecule has 120 valence electrons. The summed E-state index contributed by atoms with van der Waals surface area (Å²) in [4.78, 5) is 11.2. The number of carbonyl (C=O) groups is 1. The maximum absolute atomic E-state index is 13.5. The zero-order valence-corrected chi connectivity index (χ0v) is 11.7. The summed E-state index contributed by atoms with van der Waals surface area (Å²) in [7, 11) is 0. The molecule has 0 radical (unpaired) electrons. The fraction of sp³-hybridized carbons (Fsp3) is 0.0625. The molecule has 2 aromatic rings. The number of carbonyl (C=O) groups excluding carboxylic acids is 1. The number of halogens is 4. The second kappa shape index (κ2) is 6.51. The van der Waals surface area contributed by atoms with Crippen LogP contribution in [0.15, 0.2) is 55.1 Å². The molecule has 7 heteroatoms. The minimum atomic E-state index is -4.51. The molecular weight excluding hydrogens is 314 g/mol. The van der Waals surface area contributed by atoms with Gasteiger partial charge in [-0.25, -0.2) is 4.39 Å². The van der Waals surface area contributed by atoms with Crippen molar-refractivity contribution in [3.63, 3.8) is 0 Å². The van der Waals surface area contributed by atoms with Gasteiger partial charge in [0.1, 0.15) is 17.3 Å². The van der Waals surface area contributed by atoms with E-state index in [9.17, 15) is 22.4 Å². The summed E-state index contributed by atoms with van der Waals surface area (Å²) in [5.74, 6) is -1.43. The fourth-order valence-electron chi connectivity index (χ4n) is 1.76. The Morgan fingerprint density at radius 1 is 1.13 bits per heavy atom. The van der Waals surface area contributed by atoms with Gasteiger partial charge in [-0.2, -0.15) is 13.2 Å². The van der Waals surface area contributed by atoms with E-state index < -0.39 is 23.5 Å². The standard InChI is InChI=1S/C16H11F4NO2/c1-2-15(22)21-12-7-11(17)8-14(9-12)23-13-5-3-4-10(6-13)16(18,19)20/h2-9H,1H2,(H,21,22). The summed E-state index contributed by atoms with van der Waals surface area (Å²) in [5.41, 5.74) is -0.788. The first-order valence-corrected chi connectivity index (χ1v) is 6.37. The third-order valence-electron chi connectivity index (χ3n) is 2.72. The van der Waals surface area contributed by atoms with Gasteiger partial charge in [0.2, 0.25) is 5.91 Å². The van der Waals surface area contributed by atoms with Gasteiger partial charge in [0.25, 0.3) is 0 Å². The van der Waals surface area contributed by atoms with E-state index in [0.29, 0.717) is 0 Å². The van der Waals surface area contributed by atoms with Crippen molar-refractivity contribution < 1.29 is 27.1 Å². The predicted molar refractivity (Wildman–Crippen MR) is 76.7 cm³/mol. The van der Waals surface area contributed by atoms with Crippen LogP contribution in [-0.4, -0.2) is 5.91 Å². The number of alkyl halides is 3. The normalized spacial score (nSPS) is 11.0. The number of hydrogen-bond acceptors (Lipinski definition) is 2. The van der Waals surface area contributed by atoms with Crippen LogP contribution in [0, 0.1) is 5.82 Å². The van der Waals surface area contributed by atoms with Crippen molar-refractivity contribution in [2.45, 2.75) is 6.18 Å². The lowest BCUT2D eigenvalue weighted by Gasteiger charge is -2.11. The first-order chi connectivity index (χ1) is 10.8. The van der Waals surface area contributed by atoms with E-state index >= 15 is 0 Å². The Bertz CT molecular complexity index is 741. The number of nitrogens with one attached hydrogen (secondary N) is 1. The van der Waals surface area contributed by atoms with E-state index in [1.54, 1.807) is 0 Å². The zero-order valence-electron chi connectivity index (χ0n) is 11.7. The molecule has 1 N–H and O–H groups in total. The molecule has 3 nitrogen and oxygen atoms in total. The number of hydrogen-bond donors (Lipinski definition) is 1. The Kier molecular flexibility index (Phi) is 4.68. The van der Waals surface area contributed by atoms with Gasteiger partial charge in [-0.15, -0.1) is 0 Å². The van der Waals surface area contributed by atoms with Gasteiger partial charge in [0.15, 0.2) is 0 Å². The third-order valence-corrected chi connectivity index (χ3v) is 2.72. The summed E-state index contributed by atoms with van der Waals surface area (Å²) in [6.45, 7) is 3.26. The van der Waals surface area contributed by atoms with Gasteiger partial charge in [-0.1, -0.05) is 12.6 Å². The van der Waals surface area contributed by atoms with Crippen LogP contribution in [0.1, 0.15) is 5.56 Å². The maximum Gasteiger partial charge on any atom is 0.416 e. The van der Waals surface area contributed by atoms with Gasteiger partial charge in [0, 0.05) is 17.8 Å². The van der Waals surface area contributed by atoms with Gasteiger partial charge < -0.3 is 10.1 Å². The van der Waals surface area contributed by atoms with Gasteiger partial charge in [0.05, 0.1) is 5.56 Å². The number of benzene rings is 2. The quantitative estimate of drug-likeness (QED) is 0.650. The van der Waals surface area contributed by atoms with E-state index in [4.69, 9.17) is 4.74 Å². The molecule has 2 rings (SSSR count). The predicted octanol–water partition coefficient (Wildman–Crippen LogP) is 4.76. The first-order valence-electron chi connectivity index (χ1n) is 6.37. The summed E-state index contributed by atoms with van der Waals surface area (Å²) < 4.78 is 56.7. The van der Waals surface area contributed by atoms with Crippen LogP contribution < -0.4 is 10.1 Å². The van der Waals surface area contributed by atoms with Crippen molar-refractivity contribution in [2.24, 2.45) is 0 Å². The van der Waals surface area contributed by atoms with Gasteiger partial charge >= 0.3 is 6.18 Å². The van der Waals surface area contributed by atoms with Crippen molar-refractivity contribution in [1.82, 2.24) is 0 Å². The SMILES string of the molecule is C=CC(=O)Nc1cc(F)cc(Oc2cccc(C(F)(F)F)c2)c1. The number of anilines is 1. The summed E-state index contributed by atoms with van der Waals surface area (Å²) in [5, 5.41) is 2.34. The Balaban J connectivity index is 2.26. The lowest BCUT2D eigenvalue weighted by atomic mass is 10.2. The number of rotatable bonds is 4. The van der Waals surface area contributed by atoms with Crippen LogP contribution in [0.2, 0.25) is 0 Å². The van der Waals surface area contributed by atoms with Crippen molar-refractivity contribution >= 4 is 11.6 Å². The molecule has 0 unspecified atom stereocenters. The molecule has 0 aliphatic heterocycles. The van der Waals surface area contributed by atoms with Crippen LogP contribution in [0.3, 0.4) is 0 Å². The van der Waals surface area contributed by atoms with E-state index in [1.165, 1.54) is 18.2 Å². The molecule has 0 saturated carbocycles. The molecule has 2 aromatic carbocycles. The van der Waals surface area contributed by atoms with E-state index in [1.807, 2.05) is 0 Å². The zero-order chi connectivity index (χ0) is 17.0. The fourth-order valence-corrected chi connectivity index (χ4v) is 1.76. The minimum Gasteiger partial charge on any atom is -0.457 e. The maximum atomic E-state index is 13.5. The van der Waals surface area contributed by atoms with Crippen LogP contribution >= 0.6 is 0 Å². The molecule has 0 bridgehead atoms. The molecule has 0 aliphatic carbocycles. The Hall–Kier alpha value is -2.83. The van der Waals surface area contributed by atoms with Crippen molar-refractivity contribution in [1.29, 1.82) is 0 Å². The monoisotopic (exact) mass is 325 g/mol. The second-order valence-electron chi connectivity index (χ2n) is 4.50. The van der Waals surface area contributed by atoms with Gasteiger partial charge in [-0.05, 0) is 30.3 Å². The highest BCUT2D eigenvalue weighted by atomic mass is 19.4. The molecule has 0 aromatic heterocycles. The van der Waals surface area contributed by atoms with E-state index in [2.05, 4.69) is 11.9 Å². The lowest BCUT2D eigenvalue weighted by molar-refractivity contribution is -0.137. The number of ether oxygens (including phenoxy) is 1. The molecule has 0 aliphatic rings.